The van der Waals surface area contributed by atoms with E-state index in [-0.39, 0.29) is 58.4 Å². The number of β-lactam (4-membered cyclic amide) rings is 1. The lowest BCUT2D eigenvalue weighted by Crippen LogP contribution is -2.68. The highest BCUT2D eigenvalue weighted by molar-refractivity contribution is 8.20. The van der Waals surface area contributed by atoms with E-state index >= 15 is 14.4 Å². The number of carbonyl (C=O) groups is 6. The number of fused-ring (bicyclic) bond motifs is 1. The second-order valence-electron chi connectivity index (χ2n) is 27.5. The number of nitrogen functional groups attached to an aromatic ring is 1. The lowest BCUT2D eigenvalue weighted by Gasteiger charge is -2.41. The lowest BCUT2D eigenvalue weighted by molar-refractivity contribution is -0.179. The molecule has 560 valence electrons. The van der Waals surface area contributed by atoms with Gasteiger partial charge >= 0.3 is 18.0 Å². The largest absolute Gasteiger partial charge is 0.497 e. The third-order valence-corrected chi connectivity index (χ3v) is 21.3. The van der Waals surface area contributed by atoms with Gasteiger partial charge in [-0.3, -0.25) is 14.4 Å². The number of ether oxygens (including phenoxy) is 7. The standard InChI is InChI=1S/C82H82ClN7O15S3/c1-78(2,3)102-74(94)80(7,8)104-88-66(62-50-106-76(84)85-62)70(91)86-67-72(93)90-51-81(108-73(67)90,75(95)101-68(54-26-16-11-17-27-54)55-28-18-12-19-29-55)107-47-46-89(77(96)103-79(4,5)6)71(92)65(87-105-82(56-30-20-13-21-31-56,57-32-22-14-23-33-57)58-34-24-15-25-35-58)61-44-45-63(99-48-52-36-40-59(97-9)41-37-52)69(64(61)83)100-49-53-38-42-60(98-10)43-39-53/h11-45,50,67-68,73H,46-49,51H2,1-10H3,(H2,84,85)(H,86,91)/b87-65-,88-66-/t67-,73-,81-/m1/s1. The van der Waals surface area contributed by atoms with Gasteiger partial charge in [0, 0.05) is 39.9 Å². The number of aromatic nitrogens is 1. The van der Waals surface area contributed by atoms with Crippen molar-refractivity contribution in [2.45, 2.75) is 113 Å². The number of hydrogen-bond acceptors (Lipinski definition) is 22. The van der Waals surface area contributed by atoms with E-state index in [2.05, 4.69) is 15.5 Å². The van der Waals surface area contributed by atoms with Crippen LogP contribution in [0.15, 0.2) is 228 Å². The van der Waals surface area contributed by atoms with Crippen LogP contribution in [-0.4, -0.2) is 127 Å². The maximum atomic E-state index is 16.6. The van der Waals surface area contributed by atoms with Crippen molar-refractivity contribution in [2.75, 3.05) is 38.8 Å². The van der Waals surface area contributed by atoms with Gasteiger partial charge < -0.3 is 58.8 Å². The van der Waals surface area contributed by atoms with E-state index < -0.39 is 97.7 Å². The van der Waals surface area contributed by atoms with Gasteiger partial charge in [-0.1, -0.05) is 198 Å². The minimum Gasteiger partial charge on any atom is -0.497 e. The van der Waals surface area contributed by atoms with E-state index in [1.54, 1.807) is 86.1 Å². The molecule has 22 nitrogen and oxygen atoms in total. The Morgan fingerprint density at radius 1 is 0.657 bits per heavy atom. The van der Waals surface area contributed by atoms with E-state index in [0.717, 1.165) is 50.9 Å². The highest BCUT2D eigenvalue weighted by Crippen LogP contribution is 2.54. The summed E-state index contributed by atoms with van der Waals surface area (Å²) in [6.07, 6.45) is -2.09. The molecule has 4 amide bonds. The Balaban J connectivity index is 1.00. The number of thiazole rings is 1. The number of rotatable bonds is 29. The molecule has 2 saturated heterocycles. The molecule has 26 heteroatoms. The van der Waals surface area contributed by atoms with Gasteiger partial charge in [0.05, 0.1) is 25.8 Å². The Kier molecular flexibility index (Phi) is 24.6. The fraction of sp³-hybridized carbons (Fsp3) is 0.280. The predicted octanol–water partition coefficient (Wildman–Crippen LogP) is 14.7. The van der Waals surface area contributed by atoms with Crippen molar-refractivity contribution in [3.05, 3.63) is 273 Å². The van der Waals surface area contributed by atoms with Crippen LogP contribution in [0.2, 0.25) is 5.02 Å². The number of thioether (sulfide) groups is 2. The summed E-state index contributed by atoms with van der Waals surface area (Å²) >= 11 is 10.8. The summed E-state index contributed by atoms with van der Waals surface area (Å²) in [6.45, 7) is 12.1. The van der Waals surface area contributed by atoms with Gasteiger partial charge in [0.1, 0.15) is 53.0 Å². The van der Waals surface area contributed by atoms with Crippen LogP contribution in [0, 0.1) is 0 Å². The maximum Gasteiger partial charge on any atom is 0.417 e. The quantitative estimate of drug-likeness (QED) is 0.0110. The molecule has 108 heavy (non-hydrogen) atoms. The number of nitrogens with one attached hydrogen (secondary N) is 1. The summed E-state index contributed by atoms with van der Waals surface area (Å²) in [4.78, 5) is 110. The van der Waals surface area contributed by atoms with Crippen LogP contribution < -0.4 is 30.0 Å². The summed E-state index contributed by atoms with van der Waals surface area (Å²) in [5, 5.41) is 12.3. The second kappa shape index (κ2) is 33.9. The van der Waals surface area contributed by atoms with E-state index in [4.69, 9.17) is 65.3 Å². The van der Waals surface area contributed by atoms with Crippen LogP contribution in [0.3, 0.4) is 0 Å². The Hall–Kier alpha value is -10.9. The fourth-order valence-electron chi connectivity index (χ4n) is 11.6. The monoisotopic (exact) mass is 1540 g/mol. The van der Waals surface area contributed by atoms with Crippen molar-refractivity contribution in [2.24, 2.45) is 10.3 Å². The van der Waals surface area contributed by atoms with Crippen molar-refractivity contribution in [3.8, 4) is 23.0 Å². The zero-order valence-electron chi connectivity index (χ0n) is 61.1. The van der Waals surface area contributed by atoms with Crippen LogP contribution in [0.1, 0.15) is 112 Å². The molecule has 2 aliphatic heterocycles. The minimum absolute atomic E-state index is 0.00215. The van der Waals surface area contributed by atoms with Gasteiger partial charge in [-0.25, -0.2) is 24.3 Å². The van der Waals surface area contributed by atoms with E-state index in [0.29, 0.717) is 39.3 Å². The highest BCUT2D eigenvalue weighted by atomic mass is 35.5. The normalized spacial score (nSPS) is 15.9. The second-order valence-corrected chi connectivity index (χ2v) is 31.9. The van der Waals surface area contributed by atoms with Crippen molar-refractivity contribution in [1.29, 1.82) is 0 Å². The van der Waals surface area contributed by atoms with Gasteiger partial charge in [0.25, 0.3) is 11.8 Å². The van der Waals surface area contributed by atoms with Crippen molar-refractivity contribution in [1.82, 2.24) is 20.1 Å². The van der Waals surface area contributed by atoms with Gasteiger partial charge in [0.2, 0.25) is 17.1 Å². The van der Waals surface area contributed by atoms with Crippen LogP contribution in [-0.2, 0) is 66.7 Å². The Labute approximate surface area is 644 Å². The summed E-state index contributed by atoms with van der Waals surface area (Å²) < 4.78 is 40.7. The molecule has 3 heterocycles. The topological polar surface area (TPSA) is 268 Å². The number of halogens is 1. The van der Waals surface area contributed by atoms with Gasteiger partial charge in [-0.05, 0) is 114 Å². The number of nitrogens with two attached hydrogens (primary N) is 1. The van der Waals surface area contributed by atoms with Crippen molar-refractivity contribution >= 4 is 98.8 Å². The summed E-state index contributed by atoms with van der Waals surface area (Å²) in [7, 11) is 3.14. The number of amides is 4. The van der Waals surface area contributed by atoms with Crippen LogP contribution in [0.5, 0.6) is 23.0 Å². The minimum atomic E-state index is -1.76. The molecule has 1 aromatic heterocycles. The molecule has 0 unspecified atom stereocenters. The number of esters is 2. The molecule has 2 aliphatic rings. The predicted molar refractivity (Wildman–Crippen MR) is 416 cm³/mol. The first kappa shape index (κ1) is 78.2. The SMILES string of the molecule is COc1ccc(COc2ccc(/C(=N/OC(c3ccccc3)(c3ccccc3)c3ccccc3)C(=O)N(CCS[C@]3(C(=O)OC(c4ccccc4)c4ccccc4)CN4C(=O)[C@@H](NC(=O)/C(=N\OC(C)(C)C(=O)OC(C)(C)C)c5csc(N)n5)[C@H]4S3)C(=O)OC(C)(C)C)c(Cl)c2OCc2ccc(OC)cc2)cc1. The number of carbonyl (C=O) groups excluding carboxylic acids is 6. The van der Waals surface area contributed by atoms with Crippen LogP contribution in [0.25, 0.3) is 0 Å². The zero-order valence-corrected chi connectivity index (χ0v) is 64.3. The molecular weight excluding hydrogens is 1450 g/mol. The Morgan fingerprint density at radius 3 is 1.65 bits per heavy atom. The third kappa shape index (κ3) is 18.4. The fourth-order valence-corrected chi connectivity index (χ4v) is 15.6. The smallest absolute Gasteiger partial charge is 0.417 e. The average Bonchev–Trinajstić information content (AvgIpc) is 1.61. The van der Waals surface area contributed by atoms with Crippen molar-refractivity contribution < 1.29 is 71.6 Å². The number of benzene rings is 8. The zero-order chi connectivity index (χ0) is 77.0. The van der Waals surface area contributed by atoms with Gasteiger partial charge in [0.15, 0.2) is 38.2 Å². The molecule has 2 fully saturated rings. The first-order chi connectivity index (χ1) is 51.7. The average molecular weight is 1540 g/mol. The van der Waals surface area contributed by atoms with Crippen molar-refractivity contribution in [3.63, 3.8) is 0 Å². The molecular formula is C82H82ClN7O15S3. The molecule has 0 saturated carbocycles. The molecule has 3 atom stereocenters. The third-order valence-electron chi connectivity index (χ3n) is 17.0. The number of methoxy groups -OCH3 is 2. The van der Waals surface area contributed by atoms with E-state index in [1.807, 2.05) is 176 Å². The molecule has 8 aromatic carbocycles. The molecule has 0 radical (unpaired) electrons. The lowest BCUT2D eigenvalue weighted by atomic mass is 9.80. The molecule has 9 aromatic rings. The molecule has 11 rings (SSSR count). The number of imide groups is 1. The number of hydrogen-bond donors (Lipinski definition) is 2. The summed E-state index contributed by atoms with van der Waals surface area (Å²) in [6, 6.07) is 62.6. The highest BCUT2D eigenvalue weighted by Gasteiger charge is 2.63. The van der Waals surface area contributed by atoms with Gasteiger partial charge in [-0.2, -0.15) is 0 Å². The van der Waals surface area contributed by atoms with Crippen LogP contribution >= 0.6 is 46.5 Å². The first-order valence-corrected chi connectivity index (χ1v) is 37.6. The Morgan fingerprint density at radius 2 is 1.16 bits per heavy atom. The van der Waals surface area contributed by atoms with E-state index in [1.165, 1.54) is 30.2 Å². The molecule has 0 aliphatic carbocycles. The Bertz CT molecular complexity index is 4590. The number of anilines is 1. The van der Waals surface area contributed by atoms with Crippen LogP contribution in [0.4, 0.5) is 9.93 Å². The van der Waals surface area contributed by atoms with E-state index in [9.17, 15) is 14.4 Å². The number of nitrogens with zero attached hydrogens (tertiary/aromatic N) is 5. The molecule has 0 bridgehead atoms. The molecule has 0 spiro atoms. The summed E-state index contributed by atoms with van der Waals surface area (Å²) in [5.74, 6) is -2.91. The molecule has 3 N–H and O–H groups in total. The maximum absolute atomic E-state index is 16.6. The summed E-state index contributed by atoms with van der Waals surface area (Å²) in [5.41, 5.74) is 4.25. The first-order valence-electron chi connectivity index (χ1n) is 34.5. The number of oxime groups is 2. The van der Waals surface area contributed by atoms with Gasteiger partial charge in [-0.15, -0.1) is 34.9 Å².